The summed E-state index contributed by atoms with van der Waals surface area (Å²) in [5, 5.41) is 2.88. The lowest BCUT2D eigenvalue weighted by Crippen LogP contribution is -2.44. The van der Waals surface area contributed by atoms with Gasteiger partial charge in [0.25, 0.3) is 0 Å². The number of ether oxygens (including phenoxy) is 1. The van der Waals surface area contributed by atoms with E-state index in [0.717, 1.165) is 31.2 Å². The third kappa shape index (κ3) is 4.32. The van der Waals surface area contributed by atoms with E-state index in [4.69, 9.17) is 10.5 Å². The Hall–Kier alpha value is -1.39. The van der Waals surface area contributed by atoms with Gasteiger partial charge in [0.1, 0.15) is 6.61 Å². The number of carbonyl (C=O) groups excluding carboxylic acids is 1. The van der Waals surface area contributed by atoms with Crippen molar-refractivity contribution < 1.29 is 9.53 Å². The van der Waals surface area contributed by atoms with Gasteiger partial charge >= 0.3 is 0 Å². The summed E-state index contributed by atoms with van der Waals surface area (Å²) in [6.07, 6.45) is 5.46. The first-order valence-electron chi connectivity index (χ1n) is 7.39. The minimum atomic E-state index is -0.275. The van der Waals surface area contributed by atoms with Crippen LogP contribution in [-0.2, 0) is 16.1 Å². The molecule has 1 aliphatic rings. The first kappa shape index (κ1) is 15.0. The van der Waals surface area contributed by atoms with Gasteiger partial charge in [0.15, 0.2) is 0 Å². The third-order valence-electron chi connectivity index (χ3n) is 3.98. The number of nitrogens with two attached hydrogens (primary N) is 1. The minimum absolute atomic E-state index is 0.0766. The van der Waals surface area contributed by atoms with Crippen molar-refractivity contribution in [3.8, 4) is 0 Å². The maximum absolute atomic E-state index is 11.8. The largest absolute Gasteiger partial charge is 0.364 e. The van der Waals surface area contributed by atoms with Gasteiger partial charge in [-0.25, -0.2) is 0 Å². The Morgan fingerprint density at radius 1 is 1.20 bits per heavy atom. The highest BCUT2D eigenvalue weighted by Gasteiger charge is 2.32. The lowest BCUT2D eigenvalue weighted by molar-refractivity contribution is -0.135. The van der Waals surface area contributed by atoms with Crippen LogP contribution in [0.3, 0.4) is 0 Å². The van der Waals surface area contributed by atoms with Crippen molar-refractivity contribution in [3.05, 3.63) is 35.9 Å². The standard InChI is InChI=1S/C16H24N2O2/c17-13-16(9-5-2-6-10-16)20-12-15(19)18-11-14-7-3-1-4-8-14/h1,3-4,7-8H,2,5-6,9-13,17H2,(H,18,19). The van der Waals surface area contributed by atoms with Crippen molar-refractivity contribution >= 4 is 5.91 Å². The monoisotopic (exact) mass is 276 g/mol. The molecule has 20 heavy (non-hydrogen) atoms. The average molecular weight is 276 g/mol. The number of nitrogens with one attached hydrogen (secondary N) is 1. The molecule has 0 heterocycles. The molecule has 1 aliphatic carbocycles. The zero-order valence-electron chi connectivity index (χ0n) is 11.9. The summed E-state index contributed by atoms with van der Waals surface area (Å²) in [7, 11) is 0. The molecule has 0 aliphatic heterocycles. The molecule has 1 aromatic carbocycles. The molecule has 110 valence electrons. The van der Waals surface area contributed by atoms with Crippen LogP contribution in [0, 0.1) is 0 Å². The summed E-state index contributed by atoms with van der Waals surface area (Å²) in [5.41, 5.74) is 6.65. The molecule has 0 atom stereocenters. The summed E-state index contributed by atoms with van der Waals surface area (Å²) >= 11 is 0. The van der Waals surface area contributed by atoms with E-state index in [1.807, 2.05) is 30.3 Å². The number of amides is 1. The SMILES string of the molecule is NCC1(OCC(=O)NCc2ccccc2)CCCCC1. The van der Waals surface area contributed by atoms with Crippen molar-refractivity contribution in [2.24, 2.45) is 5.73 Å². The van der Waals surface area contributed by atoms with Crippen LogP contribution in [0.15, 0.2) is 30.3 Å². The van der Waals surface area contributed by atoms with Crippen molar-refractivity contribution in [1.82, 2.24) is 5.32 Å². The van der Waals surface area contributed by atoms with Crippen LogP contribution >= 0.6 is 0 Å². The highest BCUT2D eigenvalue weighted by molar-refractivity contribution is 5.77. The molecule has 0 aromatic heterocycles. The van der Waals surface area contributed by atoms with Gasteiger partial charge in [0.05, 0.1) is 5.60 Å². The van der Waals surface area contributed by atoms with Gasteiger partial charge in [-0.3, -0.25) is 4.79 Å². The predicted molar refractivity (Wildman–Crippen MR) is 79.1 cm³/mol. The van der Waals surface area contributed by atoms with Gasteiger partial charge in [-0.15, -0.1) is 0 Å². The zero-order chi connectivity index (χ0) is 14.3. The van der Waals surface area contributed by atoms with E-state index in [2.05, 4.69) is 5.32 Å². The quantitative estimate of drug-likeness (QED) is 0.835. The van der Waals surface area contributed by atoms with Gasteiger partial charge < -0.3 is 15.8 Å². The minimum Gasteiger partial charge on any atom is -0.364 e. The van der Waals surface area contributed by atoms with E-state index >= 15 is 0 Å². The maximum atomic E-state index is 11.8. The Kier molecular flexibility index (Phi) is 5.56. The summed E-state index contributed by atoms with van der Waals surface area (Å²) in [6, 6.07) is 9.86. The highest BCUT2D eigenvalue weighted by Crippen LogP contribution is 2.30. The summed E-state index contributed by atoms with van der Waals surface area (Å²) in [6.45, 7) is 1.14. The fourth-order valence-corrected chi connectivity index (χ4v) is 2.67. The van der Waals surface area contributed by atoms with Crippen LogP contribution in [0.5, 0.6) is 0 Å². The number of carbonyl (C=O) groups is 1. The van der Waals surface area contributed by atoms with Crippen LogP contribution in [0.4, 0.5) is 0 Å². The van der Waals surface area contributed by atoms with Gasteiger partial charge in [-0.2, -0.15) is 0 Å². The van der Waals surface area contributed by atoms with Gasteiger partial charge in [-0.05, 0) is 18.4 Å². The fourth-order valence-electron chi connectivity index (χ4n) is 2.67. The molecular weight excluding hydrogens is 252 g/mol. The van der Waals surface area contributed by atoms with Crippen LogP contribution < -0.4 is 11.1 Å². The molecular formula is C16H24N2O2. The van der Waals surface area contributed by atoms with E-state index in [1.54, 1.807) is 0 Å². The molecule has 4 heteroatoms. The molecule has 4 nitrogen and oxygen atoms in total. The first-order chi connectivity index (χ1) is 9.74. The molecule has 1 saturated carbocycles. The normalized spacial score (nSPS) is 17.6. The van der Waals surface area contributed by atoms with E-state index < -0.39 is 0 Å². The molecule has 1 amide bonds. The molecule has 0 radical (unpaired) electrons. The molecule has 0 unspecified atom stereocenters. The Morgan fingerprint density at radius 2 is 1.90 bits per heavy atom. The van der Waals surface area contributed by atoms with Crippen LogP contribution in [0.1, 0.15) is 37.7 Å². The maximum Gasteiger partial charge on any atom is 0.246 e. The second-order valence-electron chi connectivity index (χ2n) is 5.50. The molecule has 0 spiro atoms. The highest BCUT2D eigenvalue weighted by atomic mass is 16.5. The Morgan fingerprint density at radius 3 is 2.55 bits per heavy atom. The Balaban J connectivity index is 1.74. The molecule has 0 saturated heterocycles. The van der Waals surface area contributed by atoms with Gasteiger partial charge in [0.2, 0.25) is 5.91 Å². The molecule has 0 bridgehead atoms. The summed E-state index contributed by atoms with van der Waals surface area (Å²) in [4.78, 5) is 11.8. The number of hydrogen-bond acceptors (Lipinski definition) is 3. The zero-order valence-corrected chi connectivity index (χ0v) is 11.9. The molecule has 1 fully saturated rings. The van der Waals surface area contributed by atoms with Crippen LogP contribution in [0.2, 0.25) is 0 Å². The second-order valence-corrected chi connectivity index (χ2v) is 5.50. The van der Waals surface area contributed by atoms with E-state index in [9.17, 15) is 4.79 Å². The third-order valence-corrected chi connectivity index (χ3v) is 3.98. The van der Waals surface area contributed by atoms with Crippen molar-refractivity contribution in [3.63, 3.8) is 0 Å². The van der Waals surface area contributed by atoms with Crippen molar-refractivity contribution in [2.75, 3.05) is 13.2 Å². The van der Waals surface area contributed by atoms with E-state index in [-0.39, 0.29) is 18.1 Å². The topological polar surface area (TPSA) is 64.3 Å². The van der Waals surface area contributed by atoms with Crippen LogP contribution in [0.25, 0.3) is 0 Å². The predicted octanol–water partition coefficient (Wildman–Crippen LogP) is 1.98. The number of rotatable bonds is 6. The Bertz CT molecular complexity index is 414. The summed E-state index contributed by atoms with van der Waals surface area (Å²) in [5.74, 6) is -0.0766. The van der Waals surface area contributed by atoms with E-state index in [0.29, 0.717) is 13.1 Å². The van der Waals surface area contributed by atoms with Gasteiger partial charge in [0, 0.05) is 13.1 Å². The number of benzene rings is 1. The average Bonchev–Trinajstić information content (AvgIpc) is 2.53. The second kappa shape index (κ2) is 7.41. The van der Waals surface area contributed by atoms with E-state index in [1.165, 1.54) is 6.42 Å². The molecule has 3 N–H and O–H groups in total. The molecule has 2 rings (SSSR count). The smallest absolute Gasteiger partial charge is 0.246 e. The lowest BCUT2D eigenvalue weighted by atomic mass is 9.85. The van der Waals surface area contributed by atoms with Crippen LogP contribution in [-0.4, -0.2) is 24.7 Å². The van der Waals surface area contributed by atoms with Crippen molar-refractivity contribution in [1.29, 1.82) is 0 Å². The summed E-state index contributed by atoms with van der Waals surface area (Å²) < 4.78 is 5.83. The number of hydrogen-bond donors (Lipinski definition) is 2. The lowest BCUT2D eigenvalue weighted by Gasteiger charge is -2.35. The molecule has 1 aromatic rings. The Labute approximate surface area is 120 Å². The van der Waals surface area contributed by atoms with Crippen molar-refractivity contribution in [2.45, 2.75) is 44.2 Å². The first-order valence-corrected chi connectivity index (χ1v) is 7.39. The van der Waals surface area contributed by atoms with Gasteiger partial charge in [-0.1, -0.05) is 49.6 Å². The fraction of sp³-hybridized carbons (Fsp3) is 0.562.